The molecule has 2 atom stereocenters. The Bertz CT molecular complexity index is 637. The zero-order valence-electron chi connectivity index (χ0n) is 13.4. The molecule has 0 aromatic carbocycles. The van der Waals surface area contributed by atoms with E-state index in [-0.39, 0.29) is 17.9 Å². The topological polar surface area (TPSA) is 67.7 Å². The van der Waals surface area contributed by atoms with Crippen molar-refractivity contribution in [3.63, 3.8) is 0 Å². The predicted octanol–water partition coefficient (Wildman–Crippen LogP) is 0.554. The minimum absolute atomic E-state index is 0.0620. The molecule has 4 rings (SSSR count). The minimum atomic E-state index is -0.413. The molecule has 0 saturated carbocycles. The first kappa shape index (κ1) is 14.7. The predicted molar refractivity (Wildman–Crippen MR) is 82.8 cm³/mol. The largest absolute Gasteiger partial charge is 0.368 e. The molecule has 0 aliphatic carbocycles. The molecule has 1 aromatic rings. The van der Waals surface area contributed by atoms with Gasteiger partial charge in [0, 0.05) is 39.5 Å². The summed E-state index contributed by atoms with van der Waals surface area (Å²) in [6, 6.07) is 0. The van der Waals surface area contributed by atoms with Gasteiger partial charge in [0.2, 0.25) is 5.91 Å². The zero-order valence-corrected chi connectivity index (χ0v) is 13.4. The number of nitrogens with zero attached hydrogens (tertiary/aromatic N) is 4. The maximum atomic E-state index is 12.9. The lowest BCUT2D eigenvalue weighted by Gasteiger charge is -2.24. The van der Waals surface area contributed by atoms with Crippen molar-refractivity contribution in [1.82, 2.24) is 14.7 Å². The average molecular weight is 318 g/mol. The summed E-state index contributed by atoms with van der Waals surface area (Å²) < 4.78 is 7.20. The third-order valence-corrected chi connectivity index (χ3v) is 5.39. The average Bonchev–Trinajstić information content (AvgIpc) is 3.30. The molecule has 7 nitrogen and oxygen atoms in total. The Kier molecular flexibility index (Phi) is 3.41. The number of likely N-dealkylation sites (tertiary alicyclic amines) is 1. The van der Waals surface area contributed by atoms with Crippen LogP contribution in [0.25, 0.3) is 0 Å². The lowest BCUT2D eigenvalue weighted by molar-refractivity contribution is -0.140. The van der Waals surface area contributed by atoms with E-state index >= 15 is 0 Å². The van der Waals surface area contributed by atoms with Gasteiger partial charge in [-0.2, -0.15) is 5.10 Å². The van der Waals surface area contributed by atoms with Crippen LogP contribution in [-0.4, -0.2) is 58.8 Å². The summed E-state index contributed by atoms with van der Waals surface area (Å²) in [5.41, 5.74) is 0.433. The smallest absolute Gasteiger partial charge is 0.251 e. The van der Waals surface area contributed by atoms with Crippen LogP contribution in [0.4, 0.5) is 5.69 Å². The summed E-state index contributed by atoms with van der Waals surface area (Å²) in [6.07, 6.45) is 6.59. The van der Waals surface area contributed by atoms with Gasteiger partial charge >= 0.3 is 0 Å². The standard InChI is InChI=1S/C16H22N4O3/c1-18-10-12(9-17-18)20-7-5-16(15(20)22)4-6-19(11-16)14(21)13-3-2-8-23-13/h9-10,13H,2-8,11H2,1H3/t13-,16?/m1/s1. The third kappa shape index (κ3) is 2.34. The summed E-state index contributed by atoms with van der Waals surface area (Å²) in [4.78, 5) is 29.1. The Balaban J connectivity index is 1.47. The van der Waals surface area contributed by atoms with Crippen molar-refractivity contribution in [2.45, 2.75) is 31.8 Å². The second-order valence-corrected chi connectivity index (χ2v) is 6.87. The van der Waals surface area contributed by atoms with E-state index in [1.807, 2.05) is 23.0 Å². The van der Waals surface area contributed by atoms with Crippen LogP contribution < -0.4 is 4.90 Å². The van der Waals surface area contributed by atoms with E-state index in [9.17, 15) is 9.59 Å². The maximum absolute atomic E-state index is 12.9. The molecule has 3 saturated heterocycles. The fourth-order valence-electron chi connectivity index (χ4n) is 4.03. The molecular weight excluding hydrogens is 296 g/mol. The van der Waals surface area contributed by atoms with E-state index in [2.05, 4.69) is 5.10 Å². The van der Waals surface area contributed by atoms with Crippen LogP contribution in [-0.2, 0) is 21.4 Å². The number of carbonyl (C=O) groups is 2. The molecule has 0 radical (unpaired) electrons. The van der Waals surface area contributed by atoms with Gasteiger partial charge in [-0.25, -0.2) is 0 Å². The summed E-state index contributed by atoms with van der Waals surface area (Å²) in [6.45, 7) is 2.56. The van der Waals surface area contributed by atoms with Crippen molar-refractivity contribution < 1.29 is 14.3 Å². The highest BCUT2D eigenvalue weighted by molar-refractivity contribution is 6.00. The number of carbonyl (C=O) groups excluding carboxylic acids is 2. The third-order valence-electron chi connectivity index (χ3n) is 5.39. The van der Waals surface area contributed by atoms with Crippen LogP contribution in [0.3, 0.4) is 0 Å². The van der Waals surface area contributed by atoms with Gasteiger partial charge in [-0.05, 0) is 25.7 Å². The van der Waals surface area contributed by atoms with Crippen LogP contribution in [0.1, 0.15) is 25.7 Å². The van der Waals surface area contributed by atoms with Gasteiger partial charge in [0.1, 0.15) is 6.10 Å². The Hall–Kier alpha value is -1.89. The van der Waals surface area contributed by atoms with Crippen LogP contribution in [0.15, 0.2) is 12.4 Å². The number of anilines is 1. The van der Waals surface area contributed by atoms with E-state index in [1.54, 1.807) is 10.9 Å². The monoisotopic (exact) mass is 318 g/mol. The van der Waals surface area contributed by atoms with Gasteiger partial charge in [-0.1, -0.05) is 0 Å². The molecule has 3 fully saturated rings. The lowest BCUT2D eigenvalue weighted by atomic mass is 9.85. The number of hydrogen-bond acceptors (Lipinski definition) is 4. The van der Waals surface area contributed by atoms with Crippen molar-refractivity contribution in [2.24, 2.45) is 12.5 Å². The highest BCUT2D eigenvalue weighted by atomic mass is 16.5. The molecule has 4 heterocycles. The van der Waals surface area contributed by atoms with E-state index in [0.717, 1.165) is 31.4 Å². The fraction of sp³-hybridized carbons (Fsp3) is 0.688. The number of rotatable bonds is 2. The summed E-state index contributed by atoms with van der Waals surface area (Å²) >= 11 is 0. The fourth-order valence-corrected chi connectivity index (χ4v) is 4.03. The highest BCUT2D eigenvalue weighted by Gasteiger charge is 2.52. The minimum Gasteiger partial charge on any atom is -0.368 e. The Morgan fingerprint density at radius 1 is 1.39 bits per heavy atom. The Morgan fingerprint density at radius 3 is 2.91 bits per heavy atom. The van der Waals surface area contributed by atoms with Gasteiger partial charge in [0.25, 0.3) is 5.91 Å². The molecule has 2 amide bonds. The molecule has 7 heteroatoms. The van der Waals surface area contributed by atoms with Gasteiger partial charge in [-0.15, -0.1) is 0 Å². The summed E-state index contributed by atoms with van der Waals surface area (Å²) in [5, 5.41) is 4.15. The lowest BCUT2D eigenvalue weighted by Crippen LogP contribution is -2.41. The number of hydrogen-bond donors (Lipinski definition) is 0. The Morgan fingerprint density at radius 2 is 2.22 bits per heavy atom. The van der Waals surface area contributed by atoms with E-state index < -0.39 is 5.41 Å². The molecule has 0 bridgehead atoms. The summed E-state index contributed by atoms with van der Waals surface area (Å²) in [5.74, 6) is 0.195. The van der Waals surface area contributed by atoms with Crippen LogP contribution >= 0.6 is 0 Å². The first-order valence-electron chi connectivity index (χ1n) is 8.30. The van der Waals surface area contributed by atoms with Gasteiger partial charge in [0.05, 0.1) is 17.3 Å². The molecule has 3 aliphatic rings. The normalized spacial score (nSPS) is 30.8. The van der Waals surface area contributed by atoms with Gasteiger partial charge in [-0.3, -0.25) is 14.3 Å². The van der Waals surface area contributed by atoms with Crippen molar-refractivity contribution in [1.29, 1.82) is 0 Å². The first-order chi connectivity index (χ1) is 11.1. The molecule has 3 aliphatic heterocycles. The molecule has 0 N–H and O–H groups in total. The van der Waals surface area contributed by atoms with Crippen molar-refractivity contribution in [3.8, 4) is 0 Å². The van der Waals surface area contributed by atoms with Crippen LogP contribution in [0, 0.1) is 5.41 Å². The molecule has 23 heavy (non-hydrogen) atoms. The van der Waals surface area contributed by atoms with Gasteiger partial charge < -0.3 is 14.5 Å². The van der Waals surface area contributed by atoms with Crippen molar-refractivity contribution >= 4 is 17.5 Å². The first-order valence-corrected chi connectivity index (χ1v) is 8.30. The maximum Gasteiger partial charge on any atom is 0.251 e. The van der Waals surface area contributed by atoms with Gasteiger partial charge in [0.15, 0.2) is 0 Å². The quantitative estimate of drug-likeness (QED) is 0.799. The van der Waals surface area contributed by atoms with E-state index in [4.69, 9.17) is 4.74 Å². The van der Waals surface area contributed by atoms with Crippen LogP contribution in [0.5, 0.6) is 0 Å². The Labute approximate surface area is 135 Å². The zero-order chi connectivity index (χ0) is 16.0. The second kappa shape index (κ2) is 5.33. The molecule has 1 spiro atoms. The number of ether oxygens (including phenoxy) is 1. The number of amides is 2. The van der Waals surface area contributed by atoms with Crippen LogP contribution in [0.2, 0.25) is 0 Å². The SMILES string of the molecule is Cn1cc(N2CCC3(CCN(C(=O)[C@H]4CCCO4)C3)C2=O)cn1. The van der Waals surface area contributed by atoms with E-state index in [0.29, 0.717) is 26.2 Å². The number of aryl methyl sites for hydroxylation is 1. The van der Waals surface area contributed by atoms with Crippen molar-refractivity contribution in [2.75, 3.05) is 31.1 Å². The molecule has 1 unspecified atom stereocenters. The second-order valence-electron chi connectivity index (χ2n) is 6.87. The highest BCUT2D eigenvalue weighted by Crippen LogP contribution is 2.42. The molecule has 1 aromatic heterocycles. The molecular formula is C16H22N4O3. The molecule has 124 valence electrons. The summed E-state index contributed by atoms with van der Waals surface area (Å²) in [7, 11) is 1.84. The number of aromatic nitrogens is 2. The van der Waals surface area contributed by atoms with E-state index in [1.165, 1.54) is 0 Å². The van der Waals surface area contributed by atoms with Crippen molar-refractivity contribution in [3.05, 3.63) is 12.4 Å².